The molecule has 0 aliphatic carbocycles. The molecule has 0 aliphatic heterocycles. The molecule has 0 bridgehead atoms. The van der Waals surface area contributed by atoms with Crippen molar-refractivity contribution in [3.05, 3.63) is 27.7 Å². The van der Waals surface area contributed by atoms with E-state index in [-0.39, 0.29) is 5.69 Å². The molecule has 0 aliphatic rings. The molecule has 0 atom stereocenters. The molecule has 0 fully saturated rings. The summed E-state index contributed by atoms with van der Waals surface area (Å²) >= 11 is 3.08. The van der Waals surface area contributed by atoms with E-state index < -0.39 is 5.82 Å². The lowest BCUT2D eigenvalue weighted by atomic mass is 10.3. The number of aldehydes is 1. The molecule has 4 heteroatoms. The maximum atomic E-state index is 12.7. The van der Waals surface area contributed by atoms with Crippen molar-refractivity contribution in [1.82, 2.24) is 4.98 Å². The van der Waals surface area contributed by atoms with Gasteiger partial charge in [-0.15, -0.1) is 0 Å². The molecular weight excluding hydrogens is 213 g/mol. The predicted molar refractivity (Wildman–Crippen MR) is 42.0 cm³/mol. The van der Waals surface area contributed by atoms with Crippen LogP contribution in [0.4, 0.5) is 4.39 Å². The minimum Gasteiger partial charge on any atom is -0.296 e. The largest absolute Gasteiger partial charge is 0.296 e. The van der Waals surface area contributed by atoms with Crippen LogP contribution in [0.15, 0.2) is 10.7 Å². The first kappa shape index (κ1) is 8.33. The average Bonchev–Trinajstić information content (AvgIpc) is 1.97. The van der Waals surface area contributed by atoms with E-state index in [0.29, 0.717) is 16.5 Å². The van der Waals surface area contributed by atoms with Crippen LogP contribution < -0.4 is 0 Å². The maximum Gasteiger partial charge on any atom is 0.171 e. The highest BCUT2D eigenvalue weighted by atomic mass is 79.9. The highest BCUT2D eigenvalue weighted by molar-refractivity contribution is 9.10. The fourth-order valence-electron chi connectivity index (χ4n) is 0.654. The molecule has 0 spiro atoms. The lowest BCUT2D eigenvalue weighted by Gasteiger charge is -1.98. The van der Waals surface area contributed by atoms with Gasteiger partial charge in [0.15, 0.2) is 12.1 Å². The first-order valence-corrected chi connectivity index (χ1v) is 3.72. The van der Waals surface area contributed by atoms with Gasteiger partial charge in [0, 0.05) is 0 Å². The third-order valence-electron chi connectivity index (χ3n) is 1.24. The van der Waals surface area contributed by atoms with E-state index in [1.807, 2.05) is 0 Å². The summed E-state index contributed by atoms with van der Waals surface area (Å²) in [7, 11) is 0. The number of nitrogens with zero attached hydrogens (tertiary/aromatic N) is 1. The second-order valence-electron chi connectivity index (χ2n) is 2.08. The quantitative estimate of drug-likeness (QED) is 0.533. The molecule has 58 valence electrons. The second-order valence-corrected chi connectivity index (χ2v) is 2.83. The summed E-state index contributed by atoms with van der Waals surface area (Å²) in [6, 6.07) is 1.26. The molecule has 0 saturated heterocycles. The van der Waals surface area contributed by atoms with Crippen LogP contribution in [0, 0.1) is 12.7 Å². The summed E-state index contributed by atoms with van der Waals surface area (Å²) < 4.78 is 13.2. The van der Waals surface area contributed by atoms with Gasteiger partial charge in [0.25, 0.3) is 0 Å². The van der Waals surface area contributed by atoms with Crippen LogP contribution in [-0.4, -0.2) is 11.3 Å². The van der Waals surface area contributed by atoms with Gasteiger partial charge in [-0.3, -0.25) is 4.79 Å². The Balaban J connectivity index is 3.31. The first-order valence-electron chi connectivity index (χ1n) is 2.93. The average molecular weight is 218 g/mol. The Hall–Kier alpha value is -0.770. The van der Waals surface area contributed by atoms with Crippen LogP contribution in [0.1, 0.15) is 16.1 Å². The summed E-state index contributed by atoms with van der Waals surface area (Å²) in [5.41, 5.74) is 0.510. The second kappa shape index (κ2) is 3.09. The van der Waals surface area contributed by atoms with Gasteiger partial charge >= 0.3 is 0 Å². The van der Waals surface area contributed by atoms with Crippen molar-refractivity contribution in [2.75, 3.05) is 0 Å². The van der Waals surface area contributed by atoms with Crippen molar-refractivity contribution < 1.29 is 9.18 Å². The van der Waals surface area contributed by atoms with Crippen LogP contribution in [0.25, 0.3) is 0 Å². The predicted octanol–water partition coefficient (Wildman–Crippen LogP) is 2.10. The monoisotopic (exact) mass is 217 g/mol. The summed E-state index contributed by atoms with van der Waals surface area (Å²) in [5, 5.41) is 0. The number of aryl methyl sites for hydroxylation is 1. The summed E-state index contributed by atoms with van der Waals surface area (Å²) in [4.78, 5) is 13.8. The molecule has 1 heterocycles. The van der Waals surface area contributed by atoms with Crippen LogP contribution in [-0.2, 0) is 0 Å². The SMILES string of the molecule is Cc1cc(F)c(C=O)nc1Br. The Bertz CT molecular complexity index is 301. The van der Waals surface area contributed by atoms with Gasteiger partial charge in [-0.2, -0.15) is 0 Å². The molecule has 1 aromatic heterocycles. The smallest absolute Gasteiger partial charge is 0.171 e. The Morgan fingerprint density at radius 1 is 1.73 bits per heavy atom. The third kappa shape index (κ3) is 1.63. The lowest BCUT2D eigenvalue weighted by molar-refractivity contribution is 0.111. The van der Waals surface area contributed by atoms with Crippen LogP contribution in [0.5, 0.6) is 0 Å². The van der Waals surface area contributed by atoms with Crippen molar-refractivity contribution in [3.8, 4) is 0 Å². The fraction of sp³-hybridized carbons (Fsp3) is 0.143. The zero-order valence-corrected chi connectivity index (χ0v) is 7.35. The summed E-state index contributed by atoms with van der Waals surface area (Å²) in [6.45, 7) is 1.70. The van der Waals surface area contributed by atoms with Crippen LogP contribution in [0.2, 0.25) is 0 Å². The van der Waals surface area contributed by atoms with Crippen molar-refractivity contribution in [3.63, 3.8) is 0 Å². The maximum absolute atomic E-state index is 12.7. The first-order chi connectivity index (χ1) is 5.15. The number of hydrogen-bond acceptors (Lipinski definition) is 2. The molecule has 11 heavy (non-hydrogen) atoms. The van der Waals surface area contributed by atoms with E-state index in [0.717, 1.165) is 0 Å². The zero-order chi connectivity index (χ0) is 8.43. The lowest BCUT2D eigenvalue weighted by Crippen LogP contribution is -1.95. The molecule has 2 nitrogen and oxygen atoms in total. The molecule has 0 saturated carbocycles. The van der Waals surface area contributed by atoms with E-state index in [2.05, 4.69) is 20.9 Å². The standard InChI is InChI=1S/C7H5BrFNO/c1-4-2-5(9)6(3-11)10-7(4)8/h2-3H,1H3. The van der Waals surface area contributed by atoms with Gasteiger partial charge in [0.05, 0.1) is 0 Å². The fourth-order valence-corrected chi connectivity index (χ4v) is 0.959. The Kier molecular flexibility index (Phi) is 2.34. The van der Waals surface area contributed by atoms with E-state index >= 15 is 0 Å². The van der Waals surface area contributed by atoms with Gasteiger partial charge in [0.1, 0.15) is 10.3 Å². The Morgan fingerprint density at radius 3 is 2.91 bits per heavy atom. The van der Waals surface area contributed by atoms with Crippen molar-refractivity contribution in [1.29, 1.82) is 0 Å². The molecule has 0 unspecified atom stereocenters. The minimum absolute atomic E-state index is 0.164. The number of hydrogen-bond donors (Lipinski definition) is 0. The molecular formula is C7H5BrFNO. The zero-order valence-electron chi connectivity index (χ0n) is 5.77. The highest BCUT2D eigenvalue weighted by Crippen LogP contribution is 2.15. The number of halogens is 2. The molecule has 1 rings (SSSR count). The van der Waals surface area contributed by atoms with Crippen molar-refractivity contribution >= 4 is 22.2 Å². The summed E-state index contributed by atoms with van der Waals surface area (Å²) in [6.07, 6.45) is 0.388. The van der Waals surface area contributed by atoms with E-state index in [9.17, 15) is 9.18 Å². The Morgan fingerprint density at radius 2 is 2.36 bits per heavy atom. The number of pyridine rings is 1. The molecule has 0 amide bonds. The van der Waals surface area contributed by atoms with E-state index in [1.165, 1.54) is 6.07 Å². The molecule has 0 aromatic carbocycles. The van der Waals surface area contributed by atoms with Gasteiger partial charge in [-0.25, -0.2) is 9.37 Å². The van der Waals surface area contributed by atoms with E-state index in [4.69, 9.17) is 0 Å². The van der Waals surface area contributed by atoms with Crippen LogP contribution in [0.3, 0.4) is 0 Å². The van der Waals surface area contributed by atoms with E-state index in [1.54, 1.807) is 6.92 Å². The number of carbonyl (C=O) groups is 1. The number of carbonyl (C=O) groups excluding carboxylic acids is 1. The van der Waals surface area contributed by atoms with Gasteiger partial charge in [0.2, 0.25) is 0 Å². The Labute approximate surface area is 71.6 Å². The topological polar surface area (TPSA) is 30.0 Å². The van der Waals surface area contributed by atoms with Crippen molar-refractivity contribution in [2.45, 2.75) is 6.92 Å². The molecule has 0 N–H and O–H groups in total. The molecule has 1 aromatic rings. The van der Waals surface area contributed by atoms with Gasteiger partial charge in [-0.1, -0.05) is 0 Å². The number of rotatable bonds is 1. The third-order valence-corrected chi connectivity index (χ3v) is 2.05. The number of aromatic nitrogens is 1. The van der Waals surface area contributed by atoms with Gasteiger partial charge < -0.3 is 0 Å². The normalized spacial score (nSPS) is 9.73. The summed E-state index contributed by atoms with van der Waals surface area (Å²) in [5.74, 6) is -0.583. The van der Waals surface area contributed by atoms with Crippen LogP contribution >= 0.6 is 15.9 Å². The molecule has 0 radical (unpaired) electrons. The van der Waals surface area contributed by atoms with Gasteiger partial charge in [-0.05, 0) is 34.5 Å². The van der Waals surface area contributed by atoms with Crippen molar-refractivity contribution in [2.24, 2.45) is 0 Å². The highest BCUT2D eigenvalue weighted by Gasteiger charge is 2.05. The minimum atomic E-state index is -0.583.